The van der Waals surface area contributed by atoms with Gasteiger partial charge in [0.2, 0.25) is 0 Å². The Morgan fingerprint density at radius 1 is 1.45 bits per heavy atom. The van der Waals surface area contributed by atoms with E-state index in [0.717, 1.165) is 13.1 Å². The van der Waals surface area contributed by atoms with Gasteiger partial charge in [0.15, 0.2) is 9.84 Å². The molecule has 2 fully saturated rings. The number of nitrogens with zero attached hydrogens (tertiary/aromatic N) is 3. The lowest BCUT2D eigenvalue weighted by Gasteiger charge is -2.29. The maximum atomic E-state index is 12.4. The molecule has 1 unspecified atom stereocenters. The number of carbonyl (C=O) groups excluding carboxylic acids is 1. The zero-order chi connectivity index (χ0) is 16.2. The average molecular weight is 326 g/mol. The molecule has 8 heteroatoms. The van der Waals surface area contributed by atoms with Crippen LogP contribution < -0.4 is 5.32 Å². The van der Waals surface area contributed by atoms with Gasteiger partial charge in [-0.3, -0.25) is 4.79 Å². The summed E-state index contributed by atoms with van der Waals surface area (Å²) >= 11 is 0. The normalized spacial score (nSPS) is 24.8. The summed E-state index contributed by atoms with van der Waals surface area (Å²) in [5.74, 6) is -0.00338. The number of hydrogen-bond acceptors (Lipinski definition) is 6. The van der Waals surface area contributed by atoms with E-state index < -0.39 is 9.84 Å². The second-order valence-electron chi connectivity index (χ2n) is 5.58. The maximum absolute atomic E-state index is 12.4. The molecule has 22 heavy (non-hydrogen) atoms. The molecule has 2 heterocycles. The summed E-state index contributed by atoms with van der Waals surface area (Å²) in [4.78, 5) is 15.9. The molecule has 7 nitrogen and oxygen atoms in total. The zero-order valence-electron chi connectivity index (χ0n) is 12.8. The van der Waals surface area contributed by atoms with Crippen molar-refractivity contribution >= 4 is 15.7 Å². The minimum absolute atomic E-state index is 0.0769. The third-order valence-corrected chi connectivity index (χ3v) is 5.84. The van der Waals surface area contributed by atoms with E-state index in [1.165, 1.54) is 6.20 Å². The first kappa shape index (κ1) is 16.8. The first-order chi connectivity index (χ1) is 10.5. The van der Waals surface area contributed by atoms with Gasteiger partial charge in [-0.15, -0.1) is 0 Å². The van der Waals surface area contributed by atoms with Crippen molar-refractivity contribution in [2.24, 2.45) is 0 Å². The monoisotopic (exact) mass is 326 g/mol. The van der Waals surface area contributed by atoms with E-state index in [-0.39, 0.29) is 29.0 Å². The summed E-state index contributed by atoms with van der Waals surface area (Å²) < 4.78 is 23.2. The smallest absolute Gasteiger partial charge is 0.266 e. The molecular weight excluding hydrogens is 304 g/mol. The largest absolute Gasteiger partial charge is 0.372 e. The minimum Gasteiger partial charge on any atom is -0.372 e. The molecule has 1 N–H and O–H groups in total. The Hall–Kier alpha value is -1.59. The molecule has 122 valence electrons. The van der Waals surface area contributed by atoms with Crippen molar-refractivity contribution in [3.63, 3.8) is 0 Å². The molecule has 0 aliphatic carbocycles. The van der Waals surface area contributed by atoms with Crippen molar-refractivity contribution in [1.29, 1.82) is 5.26 Å². The molecule has 2 rings (SSSR count). The predicted molar refractivity (Wildman–Crippen MR) is 82.6 cm³/mol. The minimum atomic E-state index is -2.99. The summed E-state index contributed by atoms with van der Waals surface area (Å²) in [5, 5.41) is 12.4. The highest BCUT2D eigenvalue weighted by atomic mass is 32.2. The van der Waals surface area contributed by atoms with E-state index in [4.69, 9.17) is 0 Å². The number of nitrogens with one attached hydrogen (secondary N) is 1. The van der Waals surface area contributed by atoms with Gasteiger partial charge in [0.1, 0.15) is 11.6 Å². The van der Waals surface area contributed by atoms with Crippen molar-refractivity contribution in [2.45, 2.75) is 19.4 Å². The van der Waals surface area contributed by atoms with Crippen LogP contribution in [0.25, 0.3) is 0 Å². The van der Waals surface area contributed by atoms with E-state index in [1.807, 2.05) is 17.9 Å². The highest BCUT2D eigenvalue weighted by Crippen LogP contribution is 2.19. The lowest BCUT2D eigenvalue weighted by atomic mass is 10.2. The van der Waals surface area contributed by atoms with Gasteiger partial charge in [0.25, 0.3) is 5.91 Å². The Morgan fingerprint density at radius 3 is 2.64 bits per heavy atom. The number of rotatable bonds is 4. The number of piperazine rings is 1. The van der Waals surface area contributed by atoms with Gasteiger partial charge in [-0.1, -0.05) is 0 Å². The average Bonchev–Trinajstić information content (AvgIpc) is 2.89. The van der Waals surface area contributed by atoms with E-state index in [9.17, 15) is 18.5 Å². The van der Waals surface area contributed by atoms with Crippen LogP contribution in [-0.2, 0) is 14.6 Å². The van der Waals surface area contributed by atoms with E-state index >= 15 is 0 Å². The quantitative estimate of drug-likeness (QED) is 0.544. The van der Waals surface area contributed by atoms with Crippen LogP contribution in [0.4, 0.5) is 0 Å². The molecule has 0 saturated carbocycles. The predicted octanol–water partition coefficient (Wildman–Crippen LogP) is -0.665. The molecule has 0 spiro atoms. The van der Waals surface area contributed by atoms with Gasteiger partial charge < -0.3 is 15.1 Å². The Bertz CT molecular complexity index is 588. The highest BCUT2D eigenvalue weighted by Gasteiger charge is 2.31. The Morgan fingerprint density at radius 2 is 2.14 bits per heavy atom. The van der Waals surface area contributed by atoms with Crippen LogP contribution in [0, 0.1) is 11.3 Å². The summed E-state index contributed by atoms with van der Waals surface area (Å²) in [6.45, 7) is 5.08. The molecule has 0 radical (unpaired) electrons. The van der Waals surface area contributed by atoms with Crippen molar-refractivity contribution in [3.8, 4) is 6.07 Å². The van der Waals surface area contributed by atoms with Gasteiger partial charge in [0.05, 0.1) is 11.5 Å². The Kier molecular flexibility index (Phi) is 5.42. The maximum Gasteiger partial charge on any atom is 0.266 e. The van der Waals surface area contributed by atoms with Crippen LogP contribution in [0.3, 0.4) is 0 Å². The number of hydrogen-bond donors (Lipinski definition) is 1. The molecule has 1 atom stereocenters. The molecule has 2 aliphatic heterocycles. The summed E-state index contributed by atoms with van der Waals surface area (Å²) in [6, 6.07) is 1.82. The molecule has 0 bridgehead atoms. The number of sulfone groups is 1. The van der Waals surface area contributed by atoms with Gasteiger partial charge in [-0.05, 0) is 13.3 Å². The SMILES string of the molecule is CCN(/C=C(/C#N)C(=O)N1CCNCC1)C1CCS(=O)(=O)C1. The van der Waals surface area contributed by atoms with E-state index in [0.29, 0.717) is 26.1 Å². The van der Waals surface area contributed by atoms with E-state index in [1.54, 1.807) is 4.90 Å². The Balaban J connectivity index is 2.12. The second-order valence-corrected chi connectivity index (χ2v) is 7.81. The molecule has 0 aromatic rings. The summed E-state index contributed by atoms with van der Waals surface area (Å²) in [6.07, 6.45) is 2.09. The molecule has 2 aliphatic rings. The Labute approximate surface area is 131 Å². The van der Waals surface area contributed by atoms with Crippen molar-refractivity contribution < 1.29 is 13.2 Å². The van der Waals surface area contributed by atoms with Crippen molar-refractivity contribution in [2.75, 3.05) is 44.2 Å². The lowest BCUT2D eigenvalue weighted by molar-refractivity contribution is -0.127. The van der Waals surface area contributed by atoms with Crippen LogP contribution in [0.2, 0.25) is 0 Å². The third kappa shape index (κ3) is 3.99. The highest BCUT2D eigenvalue weighted by molar-refractivity contribution is 7.91. The topological polar surface area (TPSA) is 93.5 Å². The molecule has 0 aromatic heterocycles. The van der Waals surface area contributed by atoms with Crippen LogP contribution in [0.1, 0.15) is 13.3 Å². The molecule has 1 amide bonds. The summed E-state index contributed by atoms with van der Waals surface area (Å²) in [5.41, 5.74) is 0.0769. The fourth-order valence-corrected chi connectivity index (χ4v) is 4.57. The van der Waals surface area contributed by atoms with Crippen molar-refractivity contribution in [3.05, 3.63) is 11.8 Å². The van der Waals surface area contributed by atoms with Crippen LogP contribution in [-0.4, -0.2) is 74.4 Å². The number of amides is 1. The fraction of sp³-hybridized carbons (Fsp3) is 0.714. The first-order valence-corrected chi connectivity index (χ1v) is 9.37. The second kappa shape index (κ2) is 7.11. The van der Waals surface area contributed by atoms with Gasteiger partial charge in [0, 0.05) is 45.0 Å². The first-order valence-electron chi connectivity index (χ1n) is 7.55. The molecule has 0 aromatic carbocycles. The zero-order valence-corrected chi connectivity index (χ0v) is 13.6. The van der Waals surface area contributed by atoms with Crippen LogP contribution >= 0.6 is 0 Å². The van der Waals surface area contributed by atoms with Gasteiger partial charge >= 0.3 is 0 Å². The van der Waals surface area contributed by atoms with Crippen LogP contribution in [0.5, 0.6) is 0 Å². The van der Waals surface area contributed by atoms with Crippen LogP contribution in [0.15, 0.2) is 11.8 Å². The van der Waals surface area contributed by atoms with Gasteiger partial charge in [-0.25, -0.2) is 8.42 Å². The third-order valence-electron chi connectivity index (χ3n) is 4.09. The van der Waals surface area contributed by atoms with E-state index in [2.05, 4.69) is 5.32 Å². The summed E-state index contributed by atoms with van der Waals surface area (Å²) in [7, 11) is -2.99. The standard InChI is InChI=1S/C14H22N4O3S/c1-2-17(13-3-8-22(20,21)11-13)10-12(9-15)14(19)18-6-4-16-5-7-18/h10,13,16H,2-8,11H2,1H3/b12-10-. The molecular formula is C14H22N4O3S. The fourth-order valence-electron chi connectivity index (χ4n) is 2.83. The lowest BCUT2D eigenvalue weighted by Crippen LogP contribution is -2.47. The molecule has 2 saturated heterocycles. The van der Waals surface area contributed by atoms with Gasteiger partial charge in [-0.2, -0.15) is 5.26 Å². The number of carbonyl (C=O) groups is 1. The number of nitriles is 1. The van der Waals surface area contributed by atoms with Crippen molar-refractivity contribution in [1.82, 2.24) is 15.1 Å².